The van der Waals surface area contributed by atoms with Crippen molar-refractivity contribution in [1.29, 1.82) is 0 Å². The van der Waals surface area contributed by atoms with Crippen LogP contribution in [0.1, 0.15) is 15.9 Å². The van der Waals surface area contributed by atoms with Gasteiger partial charge in [0.25, 0.3) is 0 Å². The highest BCUT2D eigenvalue weighted by Gasteiger charge is 2.18. The molecule has 1 aromatic heterocycles. The molecule has 2 aromatic rings. The molecular weight excluding hydrogens is 279 g/mol. The zero-order chi connectivity index (χ0) is 12.4. The number of rotatable bonds is 3. The molecule has 0 amide bonds. The first kappa shape index (κ1) is 12.4. The fraction of sp³-hybridized carbons (Fsp3) is 0.0833. The second kappa shape index (κ2) is 5.08. The minimum Gasteiger partial charge on any atom is -0.496 e. The maximum Gasteiger partial charge on any atom is 0.199 e. The first-order valence-corrected chi connectivity index (χ1v) is 6.33. The smallest absolute Gasteiger partial charge is 0.199 e. The zero-order valence-corrected chi connectivity index (χ0v) is 11.2. The summed E-state index contributed by atoms with van der Waals surface area (Å²) in [6.07, 6.45) is 0. The first-order chi connectivity index (χ1) is 8.13. The number of ketones is 1. The van der Waals surface area contributed by atoms with Crippen molar-refractivity contribution in [3.63, 3.8) is 0 Å². The van der Waals surface area contributed by atoms with Gasteiger partial charge in [-0.05, 0) is 18.2 Å². The maximum absolute atomic E-state index is 12.2. The SMILES string of the molecule is COc1ccccc1C(=O)c1cc(Cl)sc1Cl. The van der Waals surface area contributed by atoms with Gasteiger partial charge in [-0.1, -0.05) is 35.3 Å². The number of carbonyl (C=O) groups excluding carboxylic acids is 1. The lowest BCUT2D eigenvalue weighted by Crippen LogP contribution is -2.02. The Balaban J connectivity index is 2.47. The largest absolute Gasteiger partial charge is 0.496 e. The van der Waals surface area contributed by atoms with Crippen molar-refractivity contribution < 1.29 is 9.53 Å². The number of thiophene rings is 1. The number of halogens is 2. The number of para-hydroxylation sites is 1. The molecule has 1 aromatic carbocycles. The molecule has 0 atom stereocenters. The van der Waals surface area contributed by atoms with Gasteiger partial charge in [-0.3, -0.25) is 4.79 Å². The van der Waals surface area contributed by atoms with Crippen molar-refractivity contribution in [1.82, 2.24) is 0 Å². The van der Waals surface area contributed by atoms with Crippen molar-refractivity contribution in [2.75, 3.05) is 7.11 Å². The molecule has 88 valence electrons. The number of hydrogen-bond acceptors (Lipinski definition) is 3. The third-order valence-corrected chi connectivity index (χ3v) is 3.74. The number of carbonyl (C=O) groups is 1. The molecule has 0 aliphatic carbocycles. The molecule has 0 spiro atoms. The van der Waals surface area contributed by atoms with E-state index in [2.05, 4.69) is 0 Å². The van der Waals surface area contributed by atoms with E-state index < -0.39 is 0 Å². The number of benzene rings is 1. The standard InChI is InChI=1S/C12H8Cl2O2S/c1-16-9-5-3-2-4-7(9)11(15)8-6-10(13)17-12(8)14/h2-6H,1H3. The summed E-state index contributed by atoms with van der Waals surface area (Å²) in [5, 5.41) is 0. The molecule has 0 unspecified atom stereocenters. The van der Waals surface area contributed by atoms with Crippen LogP contribution in [0.4, 0.5) is 0 Å². The van der Waals surface area contributed by atoms with E-state index in [1.54, 1.807) is 30.3 Å². The van der Waals surface area contributed by atoms with E-state index in [1.807, 2.05) is 0 Å². The highest BCUT2D eigenvalue weighted by Crippen LogP contribution is 2.34. The first-order valence-electron chi connectivity index (χ1n) is 4.76. The Bertz CT molecular complexity index is 563. The summed E-state index contributed by atoms with van der Waals surface area (Å²) < 4.78 is 6.03. The third kappa shape index (κ3) is 2.46. The topological polar surface area (TPSA) is 26.3 Å². The van der Waals surface area contributed by atoms with Crippen LogP contribution in [0, 0.1) is 0 Å². The van der Waals surface area contributed by atoms with Crippen LogP contribution in [0.3, 0.4) is 0 Å². The summed E-state index contributed by atoms with van der Waals surface area (Å²) in [5.41, 5.74) is 0.887. The summed E-state index contributed by atoms with van der Waals surface area (Å²) in [7, 11) is 1.52. The van der Waals surface area contributed by atoms with Gasteiger partial charge in [0.05, 0.1) is 22.6 Å². The Morgan fingerprint density at radius 3 is 2.53 bits per heavy atom. The van der Waals surface area contributed by atoms with Crippen molar-refractivity contribution in [2.45, 2.75) is 0 Å². The van der Waals surface area contributed by atoms with Crippen molar-refractivity contribution in [3.05, 3.63) is 50.1 Å². The van der Waals surface area contributed by atoms with Crippen LogP contribution in [-0.2, 0) is 0 Å². The fourth-order valence-corrected chi connectivity index (χ4v) is 2.93. The van der Waals surface area contributed by atoms with Gasteiger partial charge in [-0.15, -0.1) is 11.3 Å². The highest BCUT2D eigenvalue weighted by molar-refractivity contribution is 7.20. The summed E-state index contributed by atoms with van der Waals surface area (Å²) in [5.74, 6) is 0.339. The number of hydrogen-bond donors (Lipinski definition) is 0. The van der Waals surface area contributed by atoms with Gasteiger partial charge in [0.2, 0.25) is 0 Å². The second-order valence-corrected chi connectivity index (χ2v) is 5.55. The van der Waals surface area contributed by atoms with E-state index >= 15 is 0 Å². The monoisotopic (exact) mass is 286 g/mol. The molecule has 5 heteroatoms. The minimum absolute atomic E-state index is 0.185. The Labute approximate surface area is 113 Å². The molecule has 0 aliphatic rings. The summed E-state index contributed by atoms with van der Waals surface area (Å²) in [6.45, 7) is 0. The van der Waals surface area contributed by atoms with Gasteiger partial charge in [0, 0.05) is 0 Å². The van der Waals surface area contributed by atoms with Crippen LogP contribution in [0.2, 0.25) is 8.67 Å². The molecule has 1 heterocycles. The Morgan fingerprint density at radius 1 is 1.24 bits per heavy atom. The molecular formula is C12H8Cl2O2S. The maximum atomic E-state index is 12.2. The van der Waals surface area contributed by atoms with Crippen LogP contribution >= 0.6 is 34.5 Å². The van der Waals surface area contributed by atoms with E-state index in [9.17, 15) is 4.79 Å². The van der Waals surface area contributed by atoms with Gasteiger partial charge < -0.3 is 4.74 Å². The quantitative estimate of drug-likeness (QED) is 0.787. The second-order valence-electron chi connectivity index (χ2n) is 3.27. The number of ether oxygens (including phenoxy) is 1. The van der Waals surface area contributed by atoms with E-state index in [0.717, 1.165) is 0 Å². The van der Waals surface area contributed by atoms with E-state index in [0.29, 0.717) is 25.5 Å². The van der Waals surface area contributed by atoms with Crippen molar-refractivity contribution in [2.24, 2.45) is 0 Å². The number of methoxy groups -OCH3 is 1. The van der Waals surface area contributed by atoms with Crippen LogP contribution in [0.15, 0.2) is 30.3 Å². The lowest BCUT2D eigenvalue weighted by atomic mass is 10.1. The molecule has 0 fully saturated rings. The minimum atomic E-state index is -0.185. The molecule has 2 rings (SSSR count). The van der Waals surface area contributed by atoms with Gasteiger partial charge >= 0.3 is 0 Å². The van der Waals surface area contributed by atoms with Crippen molar-refractivity contribution in [3.8, 4) is 5.75 Å². The lowest BCUT2D eigenvalue weighted by Gasteiger charge is -2.06. The van der Waals surface area contributed by atoms with Gasteiger partial charge in [-0.25, -0.2) is 0 Å². The molecule has 0 aliphatic heterocycles. The predicted molar refractivity (Wildman–Crippen MR) is 70.8 cm³/mol. The molecule has 0 N–H and O–H groups in total. The Morgan fingerprint density at radius 2 is 1.94 bits per heavy atom. The summed E-state index contributed by atoms with van der Waals surface area (Å²) >= 11 is 13.0. The molecule has 17 heavy (non-hydrogen) atoms. The van der Waals surface area contributed by atoms with Crippen LogP contribution < -0.4 is 4.74 Å². The average Bonchev–Trinajstić information content (AvgIpc) is 2.67. The van der Waals surface area contributed by atoms with E-state index in [-0.39, 0.29) is 5.78 Å². The lowest BCUT2D eigenvalue weighted by molar-refractivity contribution is 0.103. The van der Waals surface area contributed by atoms with Gasteiger partial charge in [0.15, 0.2) is 5.78 Å². The predicted octanol–water partition coefficient (Wildman–Crippen LogP) is 4.29. The third-order valence-electron chi connectivity index (χ3n) is 2.25. The molecule has 0 saturated heterocycles. The van der Waals surface area contributed by atoms with Crippen molar-refractivity contribution >= 4 is 40.3 Å². The van der Waals surface area contributed by atoms with E-state index in [1.165, 1.54) is 18.4 Å². The molecule has 0 saturated carbocycles. The van der Waals surface area contributed by atoms with Gasteiger partial charge in [0.1, 0.15) is 10.1 Å². The van der Waals surface area contributed by atoms with Crippen LogP contribution in [0.5, 0.6) is 5.75 Å². The molecule has 0 bridgehead atoms. The summed E-state index contributed by atoms with van der Waals surface area (Å²) in [6, 6.07) is 8.58. The Hall–Kier alpha value is -1.03. The van der Waals surface area contributed by atoms with Crippen LogP contribution in [-0.4, -0.2) is 12.9 Å². The average molecular weight is 287 g/mol. The zero-order valence-electron chi connectivity index (χ0n) is 8.87. The fourth-order valence-electron chi connectivity index (χ4n) is 1.47. The molecule has 0 radical (unpaired) electrons. The molecule has 2 nitrogen and oxygen atoms in total. The highest BCUT2D eigenvalue weighted by atomic mass is 35.5. The normalized spacial score (nSPS) is 10.3. The Kier molecular flexibility index (Phi) is 3.72. The van der Waals surface area contributed by atoms with Crippen LogP contribution in [0.25, 0.3) is 0 Å². The van der Waals surface area contributed by atoms with E-state index in [4.69, 9.17) is 27.9 Å². The van der Waals surface area contributed by atoms with Gasteiger partial charge in [-0.2, -0.15) is 0 Å². The summed E-state index contributed by atoms with van der Waals surface area (Å²) in [4.78, 5) is 12.2.